The monoisotopic (exact) mass is 355 g/mol. The highest BCUT2D eigenvalue weighted by Gasteiger charge is 2.52. The predicted octanol–water partition coefficient (Wildman–Crippen LogP) is -1.62. The molecule has 0 spiro atoms. The molecule has 1 aromatic carbocycles. The predicted molar refractivity (Wildman–Crippen MR) is 87.6 cm³/mol. The van der Waals surface area contributed by atoms with Crippen LogP contribution in [0.4, 0.5) is 0 Å². The van der Waals surface area contributed by atoms with E-state index in [0.29, 0.717) is 18.7 Å². The molecule has 1 aliphatic rings. The zero-order chi connectivity index (χ0) is 18.6. The molecule has 1 saturated carbocycles. The van der Waals surface area contributed by atoms with Gasteiger partial charge in [0.1, 0.15) is 5.75 Å². The van der Waals surface area contributed by atoms with Gasteiger partial charge < -0.3 is 35.6 Å². The van der Waals surface area contributed by atoms with E-state index < -0.39 is 43.0 Å². The molecule has 0 saturated heterocycles. The second-order valence-electron chi connectivity index (χ2n) is 6.28. The zero-order valence-corrected chi connectivity index (χ0v) is 13.9. The van der Waals surface area contributed by atoms with Crippen molar-refractivity contribution in [2.75, 3.05) is 13.2 Å². The summed E-state index contributed by atoms with van der Waals surface area (Å²) in [6.07, 6.45) is -4.92. The lowest BCUT2D eigenvalue weighted by Gasteiger charge is -2.25. The summed E-state index contributed by atoms with van der Waals surface area (Å²) in [5.74, 6) is -1.83. The minimum Gasteiger partial charge on any atom is -0.465 e. The maximum Gasteiger partial charge on any atom is 0.216 e. The minimum absolute atomic E-state index is 0.0971. The molecule has 0 heterocycles. The van der Waals surface area contributed by atoms with E-state index in [1.165, 1.54) is 6.92 Å². The van der Waals surface area contributed by atoms with Crippen LogP contribution >= 0.6 is 0 Å². The van der Waals surface area contributed by atoms with Gasteiger partial charge >= 0.3 is 0 Å². The molecule has 25 heavy (non-hydrogen) atoms. The molecule has 0 aromatic heterocycles. The number of hydrogen-bond donors (Lipinski definition) is 6. The van der Waals surface area contributed by atoms with Crippen LogP contribution in [0, 0.1) is 11.8 Å². The van der Waals surface area contributed by atoms with Crippen LogP contribution < -0.4 is 10.1 Å². The third-order valence-electron chi connectivity index (χ3n) is 4.52. The maximum atomic E-state index is 10.8. The van der Waals surface area contributed by atoms with Crippen LogP contribution in [0.25, 0.3) is 0 Å². The molecule has 0 bridgehead atoms. The minimum atomic E-state index is -1.54. The third kappa shape index (κ3) is 4.68. The lowest BCUT2D eigenvalue weighted by atomic mass is 10.00. The van der Waals surface area contributed by atoms with Gasteiger partial charge in [-0.2, -0.15) is 0 Å². The molecule has 8 heteroatoms. The molecule has 1 aliphatic carbocycles. The number of amides is 1. The van der Waals surface area contributed by atoms with Crippen molar-refractivity contribution in [3.63, 3.8) is 0 Å². The van der Waals surface area contributed by atoms with E-state index in [1.54, 1.807) is 24.3 Å². The first-order valence-corrected chi connectivity index (χ1v) is 8.18. The summed E-state index contributed by atoms with van der Waals surface area (Å²) in [5.41, 5.74) is 0.965. The number of carbonyl (C=O) groups is 1. The highest BCUT2D eigenvalue weighted by molar-refractivity contribution is 5.72. The summed E-state index contributed by atoms with van der Waals surface area (Å²) in [7, 11) is 0. The highest BCUT2D eigenvalue weighted by Crippen LogP contribution is 2.35. The van der Waals surface area contributed by atoms with E-state index in [9.17, 15) is 25.2 Å². The lowest BCUT2D eigenvalue weighted by Crippen LogP contribution is -2.40. The number of carbonyl (C=O) groups excluding carboxylic acids is 1. The topological polar surface area (TPSA) is 139 Å². The average Bonchev–Trinajstić information content (AvgIpc) is 2.78. The Morgan fingerprint density at radius 1 is 1.16 bits per heavy atom. The van der Waals surface area contributed by atoms with Crippen molar-refractivity contribution in [1.29, 1.82) is 0 Å². The molecule has 8 nitrogen and oxygen atoms in total. The number of ether oxygens (including phenoxy) is 1. The Hall–Kier alpha value is -1.71. The fourth-order valence-electron chi connectivity index (χ4n) is 3.06. The molecule has 1 amide bonds. The summed E-state index contributed by atoms with van der Waals surface area (Å²) >= 11 is 0. The summed E-state index contributed by atoms with van der Waals surface area (Å²) in [4.78, 5) is 10.8. The fourth-order valence-corrected chi connectivity index (χ4v) is 3.06. The van der Waals surface area contributed by atoms with Gasteiger partial charge in [0.25, 0.3) is 0 Å². The maximum absolute atomic E-state index is 10.8. The van der Waals surface area contributed by atoms with Gasteiger partial charge in [0.05, 0.1) is 30.8 Å². The van der Waals surface area contributed by atoms with Gasteiger partial charge in [-0.05, 0) is 24.1 Å². The fraction of sp³-hybridized carbons (Fsp3) is 0.588. The standard InChI is InChI=1S/C17H25NO7/c1-9(20)18-7-6-10-2-4-11(5-3-10)25-17(24)13-14(21)12(8-19)15(22)16(13)23/h2-5,12-17,19,21-24H,6-8H2,1H3,(H,18,20)/t12?,13?,14?,15-,16?,17-/m1/s1. The van der Waals surface area contributed by atoms with E-state index in [1.807, 2.05) is 0 Å². The Labute approximate surface area is 145 Å². The zero-order valence-electron chi connectivity index (χ0n) is 13.9. The van der Waals surface area contributed by atoms with Gasteiger partial charge in [-0.1, -0.05) is 12.1 Å². The van der Waals surface area contributed by atoms with Gasteiger partial charge in [0.2, 0.25) is 12.2 Å². The lowest BCUT2D eigenvalue weighted by molar-refractivity contribution is -0.127. The van der Waals surface area contributed by atoms with Gasteiger partial charge in [-0.25, -0.2) is 0 Å². The van der Waals surface area contributed by atoms with Crippen molar-refractivity contribution in [2.45, 2.75) is 37.9 Å². The van der Waals surface area contributed by atoms with E-state index in [4.69, 9.17) is 9.84 Å². The van der Waals surface area contributed by atoms with Crippen LogP contribution in [-0.2, 0) is 11.2 Å². The molecular weight excluding hydrogens is 330 g/mol. The van der Waals surface area contributed by atoms with Crippen LogP contribution in [0.3, 0.4) is 0 Å². The second kappa shape index (κ2) is 8.59. The van der Waals surface area contributed by atoms with Crippen molar-refractivity contribution in [3.05, 3.63) is 29.8 Å². The normalized spacial score (nSPS) is 30.1. The Morgan fingerprint density at radius 2 is 1.80 bits per heavy atom. The molecule has 2 rings (SSSR count). The van der Waals surface area contributed by atoms with E-state index in [-0.39, 0.29) is 5.91 Å². The smallest absolute Gasteiger partial charge is 0.216 e. The van der Waals surface area contributed by atoms with Gasteiger partial charge in [-0.3, -0.25) is 4.79 Å². The summed E-state index contributed by atoms with van der Waals surface area (Å²) in [6, 6.07) is 6.80. The molecule has 0 aliphatic heterocycles. The third-order valence-corrected chi connectivity index (χ3v) is 4.52. The van der Waals surface area contributed by atoms with Crippen LogP contribution in [0.2, 0.25) is 0 Å². The quantitative estimate of drug-likeness (QED) is 0.323. The molecule has 6 atom stereocenters. The Kier molecular flexibility index (Phi) is 6.74. The largest absolute Gasteiger partial charge is 0.465 e. The number of rotatable bonds is 7. The Balaban J connectivity index is 1.94. The van der Waals surface area contributed by atoms with Crippen LogP contribution in [0.15, 0.2) is 24.3 Å². The first kappa shape index (κ1) is 19.6. The number of benzene rings is 1. The van der Waals surface area contributed by atoms with Crippen molar-refractivity contribution < 1.29 is 35.1 Å². The number of aliphatic hydroxyl groups excluding tert-OH is 5. The summed E-state index contributed by atoms with van der Waals surface area (Å²) < 4.78 is 5.35. The number of aliphatic hydroxyl groups is 5. The molecule has 0 radical (unpaired) electrons. The second-order valence-corrected chi connectivity index (χ2v) is 6.28. The Bertz CT molecular complexity index is 565. The molecule has 4 unspecified atom stereocenters. The average molecular weight is 355 g/mol. The number of hydrogen-bond acceptors (Lipinski definition) is 7. The van der Waals surface area contributed by atoms with Gasteiger partial charge in [-0.15, -0.1) is 0 Å². The highest BCUT2D eigenvalue weighted by atomic mass is 16.6. The van der Waals surface area contributed by atoms with E-state index in [0.717, 1.165) is 5.56 Å². The van der Waals surface area contributed by atoms with Crippen LogP contribution in [-0.4, -0.2) is 69.2 Å². The summed E-state index contributed by atoms with van der Waals surface area (Å²) in [5, 5.41) is 51.9. The van der Waals surface area contributed by atoms with Crippen molar-refractivity contribution in [3.8, 4) is 5.75 Å². The molecule has 6 N–H and O–H groups in total. The van der Waals surface area contributed by atoms with Crippen molar-refractivity contribution in [2.24, 2.45) is 11.8 Å². The molecule has 1 fully saturated rings. The van der Waals surface area contributed by atoms with E-state index in [2.05, 4.69) is 5.32 Å². The van der Waals surface area contributed by atoms with E-state index >= 15 is 0 Å². The SMILES string of the molecule is CC(=O)NCCc1ccc(O[C@@H](O)C2C(O)C(CO)[C@@H](O)C2O)cc1. The van der Waals surface area contributed by atoms with Crippen molar-refractivity contribution >= 4 is 5.91 Å². The van der Waals surface area contributed by atoms with Crippen LogP contribution in [0.1, 0.15) is 12.5 Å². The van der Waals surface area contributed by atoms with Gasteiger partial charge in [0.15, 0.2) is 0 Å². The van der Waals surface area contributed by atoms with Gasteiger partial charge in [0, 0.05) is 19.4 Å². The molecular formula is C17H25NO7. The summed E-state index contributed by atoms with van der Waals surface area (Å²) in [6.45, 7) is 1.45. The first-order chi connectivity index (χ1) is 11.8. The molecule has 1 aromatic rings. The van der Waals surface area contributed by atoms with Crippen molar-refractivity contribution in [1.82, 2.24) is 5.32 Å². The number of nitrogens with one attached hydrogen (secondary N) is 1. The molecule has 140 valence electrons. The van der Waals surface area contributed by atoms with Crippen LogP contribution in [0.5, 0.6) is 5.75 Å². The Morgan fingerprint density at radius 3 is 2.32 bits per heavy atom. The first-order valence-electron chi connectivity index (χ1n) is 8.18.